The number of halogens is 1. The highest BCUT2D eigenvalue weighted by molar-refractivity contribution is 5.90. The van der Waals surface area contributed by atoms with Crippen LogP contribution in [0.15, 0.2) is 42.6 Å². The number of ether oxygens (including phenoxy) is 2. The number of benzene rings is 2. The van der Waals surface area contributed by atoms with Crippen LogP contribution in [0.25, 0.3) is 33.1 Å². The van der Waals surface area contributed by atoms with Crippen molar-refractivity contribution in [3.05, 3.63) is 54.0 Å². The summed E-state index contributed by atoms with van der Waals surface area (Å²) in [6.07, 6.45) is 3.31. The average Bonchev–Trinajstić information content (AvgIpc) is 3.23. The molecule has 0 unspecified atom stereocenters. The molecule has 0 N–H and O–H groups in total. The fourth-order valence-corrected chi connectivity index (χ4v) is 4.89. The van der Waals surface area contributed by atoms with Gasteiger partial charge in [-0.15, -0.1) is 0 Å². The molecule has 0 spiro atoms. The van der Waals surface area contributed by atoms with Crippen molar-refractivity contribution < 1.29 is 18.7 Å². The maximum absolute atomic E-state index is 15.1. The summed E-state index contributed by atoms with van der Waals surface area (Å²) < 4.78 is 27.6. The van der Waals surface area contributed by atoms with E-state index < -0.39 is 11.4 Å². The lowest BCUT2D eigenvalue weighted by molar-refractivity contribution is 0.0205. The van der Waals surface area contributed by atoms with Crippen molar-refractivity contribution in [2.24, 2.45) is 7.05 Å². The number of methoxy groups -OCH3 is 1. The number of aromatic nitrogens is 3. The number of pyridine rings is 1. The maximum Gasteiger partial charge on any atom is 0.410 e. The summed E-state index contributed by atoms with van der Waals surface area (Å²) in [6.45, 7) is 7.01. The fraction of sp³-hybridized carbons (Fsp3) is 0.393. The highest BCUT2D eigenvalue weighted by Gasteiger charge is 2.27. The Hall–Kier alpha value is -3.68. The molecule has 1 fully saturated rings. The van der Waals surface area contributed by atoms with E-state index in [0.29, 0.717) is 35.7 Å². The molecule has 1 aliphatic rings. The minimum absolute atomic E-state index is 0.140. The van der Waals surface area contributed by atoms with E-state index >= 15 is 4.39 Å². The third kappa shape index (κ3) is 4.59. The molecule has 1 saturated heterocycles. The first kappa shape index (κ1) is 24.0. The van der Waals surface area contributed by atoms with Crippen LogP contribution in [0.1, 0.15) is 45.1 Å². The summed E-state index contributed by atoms with van der Waals surface area (Å²) in [4.78, 5) is 19.0. The van der Waals surface area contributed by atoms with E-state index in [1.54, 1.807) is 22.8 Å². The lowest BCUT2D eigenvalue weighted by atomic mass is 9.89. The van der Waals surface area contributed by atoms with Crippen molar-refractivity contribution in [3.63, 3.8) is 0 Å². The first-order valence-electron chi connectivity index (χ1n) is 12.2. The number of fused-ring (bicyclic) bond motifs is 2. The zero-order valence-electron chi connectivity index (χ0n) is 21.3. The van der Waals surface area contributed by atoms with Gasteiger partial charge in [-0.3, -0.25) is 4.68 Å². The van der Waals surface area contributed by atoms with E-state index in [4.69, 9.17) is 14.5 Å². The molecule has 1 aliphatic heterocycles. The number of carbonyl (C=O) groups excluding carboxylic acids is 1. The van der Waals surface area contributed by atoms with E-state index in [-0.39, 0.29) is 17.4 Å². The normalized spacial score (nSPS) is 15.0. The second-order valence-corrected chi connectivity index (χ2v) is 10.4. The Balaban J connectivity index is 1.38. The second kappa shape index (κ2) is 9.08. The van der Waals surface area contributed by atoms with Crippen LogP contribution in [0.4, 0.5) is 9.18 Å². The summed E-state index contributed by atoms with van der Waals surface area (Å²) in [7, 11) is 3.22. The molecule has 4 aromatic rings. The Morgan fingerprint density at radius 1 is 1.08 bits per heavy atom. The predicted octanol–water partition coefficient (Wildman–Crippen LogP) is 6.05. The topological polar surface area (TPSA) is 69.5 Å². The molecule has 1 amide bonds. The lowest BCUT2D eigenvalue weighted by Crippen LogP contribution is -2.41. The van der Waals surface area contributed by atoms with Crippen LogP contribution in [-0.2, 0) is 11.8 Å². The number of likely N-dealkylation sites (tertiary alicyclic amines) is 1. The molecular weight excluding hydrogens is 459 g/mol. The van der Waals surface area contributed by atoms with Crippen molar-refractivity contribution in [3.8, 4) is 17.0 Å². The van der Waals surface area contributed by atoms with Crippen LogP contribution in [0, 0.1) is 5.82 Å². The van der Waals surface area contributed by atoms with Gasteiger partial charge >= 0.3 is 6.09 Å². The Bertz CT molecular complexity index is 1450. The first-order valence-corrected chi connectivity index (χ1v) is 12.2. The molecule has 3 heterocycles. The van der Waals surface area contributed by atoms with Crippen molar-refractivity contribution >= 4 is 27.9 Å². The molecule has 0 radical (unpaired) electrons. The third-order valence-electron chi connectivity index (χ3n) is 6.62. The van der Waals surface area contributed by atoms with Crippen molar-refractivity contribution in [1.82, 2.24) is 19.7 Å². The van der Waals surface area contributed by atoms with Gasteiger partial charge in [0.05, 0.1) is 18.3 Å². The standard InChI is InChI=1S/C28H31FN4O3/c1-28(2,3)36-27(34)33-12-10-17(11-13-33)18-6-8-22-19(14-18)7-9-23(30-22)21-15-20-16-32(4)31-25(20)24(29)26(21)35-5/h6-9,14-17H,10-13H2,1-5H3. The van der Waals surface area contributed by atoms with Gasteiger partial charge in [-0.05, 0) is 69.4 Å². The van der Waals surface area contributed by atoms with Gasteiger partial charge < -0.3 is 14.4 Å². The summed E-state index contributed by atoms with van der Waals surface area (Å²) >= 11 is 0. The monoisotopic (exact) mass is 490 g/mol. The Labute approximate surface area is 209 Å². The van der Waals surface area contributed by atoms with Gasteiger partial charge in [0.1, 0.15) is 11.1 Å². The van der Waals surface area contributed by atoms with Crippen molar-refractivity contribution in [2.75, 3.05) is 20.2 Å². The average molecular weight is 491 g/mol. The van der Waals surface area contributed by atoms with E-state index in [1.165, 1.54) is 12.7 Å². The Morgan fingerprint density at radius 3 is 2.53 bits per heavy atom. The maximum atomic E-state index is 15.1. The molecule has 0 bridgehead atoms. The lowest BCUT2D eigenvalue weighted by Gasteiger charge is -2.33. The Morgan fingerprint density at radius 2 is 1.83 bits per heavy atom. The second-order valence-electron chi connectivity index (χ2n) is 10.4. The minimum Gasteiger partial charge on any atom is -0.493 e. The van der Waals surface area contributed by atoms with Crippen LogP contribution in [0.3, 0.4) is 0 Å². The van der Waals surface area contributed by atoms with Gasteiger partial charge in [-0.1, -0.05) is 12.1 Å². The Kier molecular flexibility index (Phi) is 6.06. The van der Waals surface area contributed by atoms with Gasteiger partial charge in [-0.2, -0.15) is 5.10 Å². The van der Waals surface area contributed by atoms with E-state index in [2.05, 4.69) is 17.2 Å². The molecule has 2 aromatic carbocycles. The quantitative estimate of drug-likeness (QED) is 0.350. The SMILES string of the molecule is COc1c(-c2ccc3cc(C4CCN(C(=O)OC(C)(C)C)CC4)ccc3n2)cc2cn(C)nc2c1F. The molecule has 36 heavy (non-hydrogen) atoms. The van der Waals surface area contributed by atoms with Gasteiger partial charge in [-0.25, -0.2) is 14.2 Å². The van der Waals surface area contributed by atoms with Gasteiger partial charge in [0.2, 0.25) is 0 Å². The summed E-state index contributed by atoms with van der Waals surface area (Å²) in [6, 6.07) is 12.1. The first-order chi connectivity index (χ1) is 17.1. The number of rotatable bonds is 3. The van der Waals surface area contributed by atoms with Gasteiger partial charge in [0.15, 0.2) is 11.6 Å². The number of aryl methyl sites for hydroxylation is 1. The summed E-state index contributed by atoms with van der Waals surface area (Å²) in [5, 5.41) is 5.92. The van der Waals surface area contributed by atoms with Crippen LogP contribution in [0.5, 0.6) is 5.75 Å². The van der Waals surface area contributed by atoms with Gasteiger partial charge in [0.25, 0.3) is 0 Å². The summed E-state index contributed by atoms with van der Waals surface area (Å²) in [5.41, 5.74) is 3.09. The molecule has 0 saturated carbocycles. The van der Waals surface area contributed by atoms with Crippen molar-refractivity contribution in [1.29, 1.82) is 0 Å². The highest BCUT2D eigenvalue weighted by Crippen LogP contribution is 2.37. The van der Waals surface area contributed by atoms with E-state index in [0.717, 1.165) is 23.7 Å². The number of nitrogens with zero attached hydrogens (tertiary/aromatic N) is 4. The zero-order chi connectivity index (χ0) is 25.6. The van der Waals surface area contributed by atoms with E-state index in [1.807, 2.05) is 45.0 Å². The molecular formula is C28H31FN4O3. The fourth-order valence-electron chi connectivity index (χ4n) is 4.89. The molecule has 188 valence electrons. The summed E-state index contributed by atoms with van der Waals surface area (Å²) in [5.74, 6) is 0.0249. The highest BCUT2D eigenvalue weighted by atomic mass is 19.1. The number of hydrogen-bond donors (Lipinski definition) is 0. The third-order valence-corrected chi connectivity index (χ3v) is 6.62. The van der Waals surface area contributed by atoms with Crippen LogP contribution in [-0.4, -0.2) is 51.6 Å². The van der Waals surface area contributed by atoms with Crippen LogP contribution in [0.2, 0.25) is 0 Å². The number of amides is 1. The van der Waals surface area contributed by atoms with Crippen LogP contribution >= 0.6 is 0 Å². The zero-order valence-corrected chi connectivity index (χ0v) is 21.3. The number of hydrogen-bond acceptors (Lipinski definition) is 5. The molecule has 8 heteroatoms. The molecule has 0 aliphatic carbocycles. The van der Waals surface area contributed by atoms with Crippen LogP contribution < -0.4 is 4.74 Å². The number of piperidine rings is 1. The molecule has 0 atom stereocenters. The smallest absolute Gasteiger partial charge is 0.410 e. The molecule has 7 nitrogen and oxygen atoms in total. The molecule has 5 rings (SSSR count). The van der Waals surface area contributed by atoms with Crippen molar-refractivity contribution in [2.45, 2.75) is 45.1 Å². The number of carbonyl (C=O) groups is 1. The van der Waals surface area contributed by atoms with E-state index in [9.17, 15) is 4.79 Å². The minimum atomic E-state index is -0.488. The van der Waals surface area contributed by atoms with Gasteiger partial charge in [0, 0.05) is 42.7 Å². The molecule has 2 aromatic heterocycles. The largest absolute Gasteiger partial charge is 0.493 e. The predicted molar refractivity (Wildman–Crippen MR) is 138 cm³/mol.